The summed E-state index contributed by atoms with van der Waals surface area (Å²) in [4.78, 5) is 2.49. The Balaban J connectivity index is 6.30. The summed E-state index contributed by atoms with van der Waals surface area (Å²) < 4.78 is 0. The van der Waals surface area contributed by atoms with Gasteiger partial charge in [-0.15, -0.1) is 0 Å². The third-order valence-corrected chi connectivity index (χ3v) is 6.85. The van der Waals surface area contributed by atoms with Crippen molar-refractivity contribution < 1.29 is 0 Å². The van der Waals surface area contributed by atoms with Gasteiger partial charge in [-0.05, 0) is 67.5 Å². The van der Waals surface area contributed by atoms with E-state index in [4.69, 9.17) is 0 Å². The fraction of sp³-hybridized carbons (Fsp3) is 0.840. The topological polar surface area (TPSA) is 3.24 Å². The first-order valence-corrected chi connectivity index (χ1v) is 11.0. The molecule has 0 aromatic rings. The van der Waals surface area contributed by atoms with Gasteiger partial charge in [-0.25, -0.2) is 0 Å². The zero-order chi connectivity index (χ0) is 20.8. The molecule has 0 aromatic heterocycles. The van der Waals surface area contributed by atoms with Crippen LogP contribution in [0.5, 0.6) is 0 Å². The largest absolute Gasteiger partial charge is 0.346 e. The Morgan fingerprint density at radius 3 is 1.69 bits per heavy atom. The van der Waals surface area contributed by atoms with E-state index >= 15 is 0 Å². The molecule has 0 aliphatic carbocycles. The van der Waals surface area contributed by atoms with E-state index in [0.717, 1.165) is 17.8 Å². The predicted molar refractivity (Wildman–Crippen MR) is 120 cm³/mol. The minimum Gasteiger partial charge on any atom is -0.346 e. The molecule has 0 saturated heterocycles. The Morgan fingerprint density at radius 2 is 1.42 bits per heavy atom. The maximum absolute atomic E-state index is 4.21. The van der Waals surface area contributed by atoms with Gasteiger partial charge in [-0.2, -0.15) is 0 Å². The van der Waals surface area contributed by atoms with Crippen LogP contribution < -0.4 is 0 Å². The fourth-order valence-corrected chi connectivity index (χ4v) is 3.89. The molecule has 0 aromatic carbocycles. The van der Waals surface area contributed by atoms with Crippen LogP contribution in [0.4, 0.5) is 0 Å². The molecule has 0 amide bonds. The fourth-order valence-electron chi connectivity index (χ4n) is 3.89. The second-order valence-electron chi connectivity index (χ2n) is 10.1. The molecule has 0 spiro atoms. The van der Waals surface area contributed by atoms with Crippen LogP contribution in [0.1, 0.15) is 95.9 Å². The summed E-state index contributed by atoms with van der Waals surface area (Å²) in [6.45, 7) is 32.5. The van der Waals surface area contributed by atoms with Crippen LogP contribution in [0.25, 0.3) is 0 Å². The van der Waals surface area contributed by atoms with Gasteiger partial charge in [0.05, 0.1) is 0 Å². The van der Waals surface area contributed by atoms with Crippen molar-refractivity contribution >= 4 is 0 Å². The molecule has 0 aliphatic rings. The van der Waals surface area contributed by atoms with Crippen molar-refractivity contribution in [2.24, 2.45) is 35.5 Å². The van der Waals surface area contributed by atoms with Crippen LogP contribution in [-0.2, 0) is 0 Å². The van der Waals surface area contributed by atoms with E-state index in [-0.39, 0.29) is 5.54 Å². The number of hydrogen-bond donors (Lipinski definition) is 0. The highest BCUT2D eigenvalue weighted by atomic mass is 15.2. The molecule has 1 heteroatoms. The molecule has 0 bridgehead atoms. The van der Waals surface area contributed by atoms with Gasteiger partial charge in [0.25, 0.3) is 0 Å². The monoisotopic (exact) mass is 363 g/mol. The molecule has 0 aliphatic heterocycles. The van der Waals surface area contributed by atoms with E-state index in [1.54, 1.807) is 5.57 Å². The summed E-state index contributed by atoms with van der Waals surface area (Å²) in [5, 5.41) is 0. The predicted octanol–water partition coefficient (Wildman–Crippen LogP) is 8.14. The number of rotatable bonds is 11. The SMILES string of the molecule is C=CN(/C(=C(\CC(CC)C(C)C(C)C)C(C)C)C(C)C)C(C)(C)C(C)C. The highest BCUT2D eigenvalue weighted by Crippen LogP contribution is 2.39. The van der Waals surface area contributed by atoms with Crippen molar-refractivity contribution in [1.82, 2.24) is 4.90 Å². The third kappa shape index (κ3) is 6.17. The first-order chi connectivity index (χ1) is 11.8. The molecule has 0 radical (unpaired) electrons. The second kappa shape index (κ2) is 10.6. The Hall–Kier alpha value is -0.720. The van der Waals surface area contributed by atoms with Gasteiger partial charge < -0.3 is 4.90 Å². The quantitative estimate of drug-likeness (QED) is 0.358. The molecule has 154 valence electrons. The van der Waals surface area contributed by atoms with Gasteiger partial charge in [0.2, 0.25) is 0 Å². The summed E-state index contributed by atoms with van der Waals surface area (Å²) in [5.74, 6) is 3.84. The third-order valence-electron chi connectivity index (χ3n) is 6.85. The Bertz CT molecular complexity index is 451. The van der Waals surface area contributed by atoms with Crippen LogP contribution in [0.3, 0.4) is 0 Å². The number of nitrogens with zero attached hydrogens (tertiary/aromatic N) is 1. The summed E-state index contributed by atoms with van der Waals surface area (Å²) >= 11 is 0. The van der Waals surface area contributed by atoms with Gasteiger partial charge in [-0.1, -0.05) is 82.2 Å². The molecule has 0 saturated carbocycles. The lowest BCUT2D eigenvalue weighted by atomic mass is 9.76. The first-order valence-electron chi connectivity index (χ1n) is 11.0. The van der Waals surface area contributed by atoms with Gasteiger partial charge in [0.1, 0.15) is 0 Å². The maximum Gasteiger partial charge on any atom is 0.0409 e. The molecule has 2 unspecified atom stereocenters. The molecule has 0 heterocycles. The average Bonchev–Trinajstić information content (AvgIpc) is 2.52. The molecule has 0 N–H and O–H groups in total. The van der Waals surface area contributed by atoms with Crippen molar-refractivity contribution in [3.05, 3.63) is 24.0 Å². The van der Waals surface area contributed by atoms with Gasteiger partial charge in [-0.3, -0.25) is 0 Å². The Morgan fingerprint density at radius 1 is 0.923 bits per heavy atom. The Labute approximate surface area is 166 Å². The summed E-state index contributed by atoms with van der Waals surface area (Å²) in [6, 6.07) is 0. The molecular formula is C25H49N. The van der Waals surface area contributed by atoms with Crippen LogP contribution >= 0.6 is 0 Å². The summed E-state index contributed by atoms with van der Waals surface area (Å²) in [5.41, 5.74) is 3.20. The lowest BCUT2D eigenvalue weighted by Gasteiger charge is -2.45. The first kappa shape index (κ1) is 25.3. The molecule has 26 heavy (non-hydrogen) atoms. The number of allylic oxidation sites excluding steroid dienone is 2. The molecular weight excluding hydrogens is 314 g/mol. The van der Waals surface area contributed by atoms with Crippen LogP contribution in [0.15, 0.2) is 24.0 Å². The lowest BCUT2D eigenvalue weighted by molar-refractivity contribution is 0.149. The van der Waals surface area contributed by atoms with Crippen LogP contribution in [-0.4, -0.2) is 10.4 Å². The maximum atomic E-state index is 4.21. The molecule has 2 atom stereocenters. The van der Waals surface area contributed by atoms with Gasteiger partial charge in [0.15, 0.2) is 0 Å². The van der Waals surface area contributed by atoms with E-state index in [1.807, 2.05) is 0 Å². The van der Waals surface area contributed by atoms with Crippen molar-refractivity contribution in [2.45, 2.75) is 101 Å². The zero-order valence-corrected chi connectivity index (χ0v) is 20.1. The van der Waals surface area contributed by atoms with Gasteiger partial charge >= 0.3 is 0 Å². The highest BCUT2D eigenvalue weighted by Gasteiger charge is 2.33. The second-order valence-corrected chi connectivity index (χ2v) is 10.1. The summed E-state index contributed by atoms with van der Waals surface area (Å²) in [6.07, 6.45) is 4.53. The van der Waals surface area contributed by atoms with Crippen molar-refractivity contribution in [3.63, 3.8) is 0 Å². The average molecular weight is 364 g/mol. The summed E-state index contributed by atoms with van der Waals surface area (Å²) in [7, 11) is 0. The molecule has 0 fully saturated rings. The van der Waals surface area contributed by atoms with E-state index in [2.05, 4.69) is 101 Å². The number of hydrogen-bond acceptors (Lipinski definition) is 1. The Kier molecular flexibility index (Phi) is 10.3. The minimum atomic E-state index is 0.0624. The normalized spacial score (nSPS) is 16.3. The zero-order valence-electron chi connectivity index (χ0n) is 20.1. The van der Waals surface area contributed by atoms with Crippen molar-refractivity contribution in [1.29, 1.82) is 0 Å². The highest BCUT2D eigenvalue weighted by molar-refractivity contribution is 5.22. The van der Waals surface area contributed by atoms with Crippen LogP contribution in [0, 0.1) is 35.5 Å². The van der Waals surface area contributed by atoms with Crippen molar-refractivity contribution in [3.8, 4) is 0 Å². The smallest absolute Gasteiger partial charge is 0.0409 e. The van der Waals surface area contributed by atoms with E-state index in [9.17, 15) is 0 Å². The van der Waals surface area contributed by atoms with E-state index in [0.29, 0.717) is 17.8 Å². The lowest BCUT2D eigenvalue weighted by Crippen LogP contribution is -2.45. The standard InChI is InChI=1S/C25H49N/c1-14-22(21(11)17(3)4)16-23(18(5)6)24(19(7)8)26(15-2)25(12,13)20(9)10/h15,17-22H,2,14,16H2,1,3-13H3/b24-23+. The van der Waals surface area contributed by atoms with Crippen LogP contribution in [0.2, 0.25) is 0 Å². The van der Waals surface area contributed by atoms with E-state index < -0.39 is 0 Å². The molecule has 0 rings (SSSR count). The van der Waals surface area contributed by atoms with E-state index in [1.165, 1.54) is 18.5 Å². The van der Waals surface area contributed by atoms with Gasteiger partial charge in [0, 0.05) is 11.2 Å². The molecule has 1 nitrogen and oxygen atoms in total. The minimum absolute atomic E-state index is 0.0624. The van der Waals surface area contributed by atoms with Crippen molar-refractivity contribution in [2.75, 3.05) is 0 Å².